The van der Waals surface area contributed by atoms with E-state index < -0.39 is 34.4 Å². The fraction of sp³-hybridized carbons (Fsp3) is 0.500. The predicted molar refractivity (Wildman–Crippen MR) is 105 cm³/mol. The first-order valence-electron chi connectivity index (χ1n) is 8.97. The molecular formula is C18H28N4O5S. The molecule has 0 aromatic heterocycles. The average molecular weight is 413 g/mol. The lowest BCUT2D eigenvalue weighted by molar-refractivity contribution is -0.129. The molecule has 156 valence electrons. The van der Waals surface area contributed by atoms with Gasteiger partial charge in [0.2, 0.25) is 27.7 Å². The second-order valence-corrected chi connectivity index (χ2v) is 8.19. The molecule has 0 aliphatic heterocycles. The van der Waals surface area contributed by atoms with Gasteiger partial charge in [-0.25, -0.2) is 13.1 Å². The molecule has 0 saturated heterocycles. The van der Waals surface area contributed by atoms with Crippen molar-refractivity contribution in [3.8, 4) is 0 Å². The molecule has 0 aliphatic rings. The Morgan fingerprint density at radius 3 is 2.29 bits per heavy atom. The highest BCUT2D eigenvalue weighted by Crippen LogP contribution is 2.14. The molecule has 0 fully saturated rings. The van der Waals surface area contributed by atoms with E-state index in [0.717, 1.165) is 17.5 Å². The quantitative estimate of drug-likeness (QED) is 0.420. The minimum Gasteiger partial charge on any atom is -0.354 e. The molecule has 1 rings (SSSR count). The molecule has 1 atom stereocenters. The van der Waals surface area contributed by atoms with E-state index in [-0.39, 0.29) is 17.3 Å². The molecule has 4 N–H and O–H groups in total. The van der Waals surface area contributed by atoms with Crippen LogP contribution in [0.15, 0.2) is 23.1 Å². The molecule has 3 amide bonds. The summed E-state index contributed by atoms with van der Waals surface area (Å²) in [5.41, 5.74) is 1.78. The van der Waals surface area contributed by atoms with Gasteiger partial charge in [0.1, 0.15) is 6.04 Å². The molecule has 0 spiro atoms. The molecule has 0 radical (unpaired) electrons. The summed E-state index contributed by atoms with van der Waals surface area (Å²) < 4.78 is 26.7. The lowest BCUT2D eigenvalue weighted by atomic mass is 10.1. The summed E-state index contributed by atoms with van der Waals surface area (Å²) in [7, 11) is -3.84. The SMILES string of the molecule is CCCNC(=O)[C@@H](C)NC(=O)CNC(=O)CNS(=O)(=O)c1ccc(C)c(C)c1. The first kappa shape index (κ1) is 23.6. The van der Waals surface area contributed by atoms with Crippen molar-refractivity contribution in [2.24, 2.45) is 0 Å². The highest BCUT2D eigenvalue weighted by atomic mass is 32.2. The summed E-state index contributed by atoms with van der Waals surface area (Å²) in [5.74, 6) is -1.53. The summed E-state index contributed by atoms with van der Waals surface area (Å²) in [5, 5.41) is 7.40. The predicted octanol–water partition coefficient (Wildman–Crippen LogP) is -0.271. The third kappa shape index (κ3) is 7.65. The lowest BCUT2D eigenvalue weighted by Gasteiger charge is -2.14. The van der Waals surface area contributed by atoms with Gasteiger partial charge in [0.25, 0.3) is 0 Å². The maximum absolute atomic E-state index is 12.2. The fourth-order valence-electron chi connectivity index (χ4n) is 2.13. The third-order valence-electron chi connectivity index (χ3n) is 3.98. The number of carbonyl (C=O) groups excluding carboxylic acids is 3. The van der Waals surface area contributed by atoms with Gasteiger partial charge in [-0.15, -0.1) is 0 Å². The van der Waals surface area contributed by atoms with E-state index >= 15 is 0 Å². The molecule has 10 heteroatoms. The maximum atomic E-state index is 12.2. The van der Waals surface area contributed by atoms with Crippen LogP contribution in [0.25, 0.3) is 0 Å². The molecule has 0 bridgehead atoms. The minimum absolute atomic E-state index is 0.0630. The molecule has 0 heterocycles. The molecule has 0 aliphatic carbocycles. The highest BCUT2D eigenvalue weighted by Gasteiger charge is 2.18. The van der Waals surface area contributed by atoms with Crippen molar-refractivity contribution in [3.05, 3.63) is 29.3 Å². The van der Waals surface area contributed by atoms with Crippen molar-refractivity contribution in [3.63, 3.8) is 0 Å². The Labute approximate surface area is 165 Å². The second-order valence-electron chi connectivity index (χ2n) is 6.43. The zero-order chi connectivity index (χ0) is 21.3. The molecule has 1 aromatic rings. The average Bonchev–Trinajstić information content (AvgIpc) is 2.64. The van der Waals surface area contributed by atoms with Crippen LogP contribution in [0.2, 0.25) is 0 Å². The number of hydrogen-bond acceptors (Lipinski definition) is 5. The van der Waals surface area contributed by atoms with Gasteiger partial charge in [0.15, 0.2) is 0 Å². The van der Waals surface area contributed by atoms with Gasteiger partial charge in [0, 0.05) is 6.54 Å². The molecule has 0 unspecified atom stereocenters. The van der Waals surface area contributed by atoms with Gasteiger partial charge in [-0.05, 0) is 50.5 Å². The Balaban J connectivity index is 2.44. The number of nitrogens with one attached hydrogen (secondary N) is 4. The Morgan fingerprint density at radius 1 is 1.00 bits per heavy atom. The van der Waals surface area contributed by atoms with E-state index in [1.807, 2.05) is 13.8 Å². The summed E-state index contributed by atoms with van der Waals surface area (Å²) >= 11 is 0. The van der Waals surface area contributed by atoms with Crippen LogP contribution in [0.1, 0.15) is 31.4 Å². The van der Waals surface area contributed by atoms with Crippen LogP contribution >= 0.6 is 0 Å². The first-order chi connectivity index (χ1) is 13.1. The zero-order valence-electron chi connectivity index (χ0n) is 16.6. The normalized spacial score (nSPS) is 12.1. The van der Waals surface area contributed by atoms with E-state index in [1.54, 1.807) is 13.0 Å². The van der Waals surface area contributed by atoms with Crippen molar-refractivity contribution < 1.29 is 22.8 Å². The van der Waals surface area contributed by atoms with Crippen molar-refractivity contribution in [2.45, 2.75) is 45.1 Å². The van der Waals surface area contributed by atoms with Gasteiger partial charge in [-0.2, -0.15) is 0 Å². The number of sulfonamides is 1. The van der Waals surface area contributed by atoms with Gasteiger partial charge >= 0.3 is 0 Å². The Bertz CT molecular complexity index is 823. The summed E-state index contributed by atoms with van der Waals surface area (Å²) in [6.45, 7) is 6.74. The van der Waals surface area contributed by atoms with Gasteiger partial charge in [0.05, 0.1) is 18.0 Å². The minimum atomic E-state index is -3.84. The highest BCUT2D eigenvalue weighted by molar-refractivity contribution is 7.89. The first-order valence-corrected chi connectivity index (χ1v) is 10.5. The number of rotatable bonds is 10. The molecule has 9 nitrogen and oxygen atoms in total. The monoisotopic (exact) mass is 412 g/mol. The zero-order valence-corrected chi connectivity index (χ0v) is 17.4. The molecule has 0 saturated carbocycles. The van der Waals surface area contributed by atoms with E-state index in [4.69, 9.17) is 0 Å². The van der Waals surface area contributed by atoms with Gasteiger partial charge in [-0.3, -0.25) is 14.4 Å². The summed E-state index contributed by atoms with van der Waals surface area (Å²) in [6, 6.07) is 3.93. The standard InChI is InChI=1S/C18H28N4O5S/c1-5-8-19-18(25)14(4)22-17(24)10-20-16(23)11-21-28(26,27)15-7-6-12(2)13(3)9-15/h6-7,9,14,21H,5,8,10-11H2,1-4H3,(H,19,25)(H,20,23)(H,22,24)/t14-/m1/s1. The number of carbonyl (C=O) groups is 3. The fourth-order valence-corrected chi connectivity index (χ4v) is 3.19. The van der Waals surface area contributed by atoms with E-state index in [0.29, 0.717) is 6.54 Å². The van der Waals surface area contributed by atoms with Crippen LogP contribution in [0.4, 0.5) is 0 Å². The van der Waals surface area contributed by atoms with Crippen LogP contribution < -0.4 is 20.7 Å². The number of amides is 3. The number of benzene rings is 1. The topological polar surface area (TPSA) is 133 Å². The summed E-state index contributed by atoms with van der Waals surface area (Å²) in [4.78, 5) is 35.3. The van der Waals surface area contributed by atoms with Gasteiger partial charge < -0.3 is 16.0 Å². The van der Waals surface area contributed by atoms with Crippen LogP contribution in [-0.4, -0.2) is 51.8 Å². The van der Waals surface area contributed by atoms with E-state index in [9.17, 15) is 22.8 Å². The molecule has 28 heavy (non-hydrogen) atoms. The number of aryl methyl sites for hydroxylation is 2. The molecule has 1 aromatic carbocycles. The van der Waals surface area contributed by atoms with Crippen molar-refractivity contribution in [1.82, 2.24) is 20.7 Å². The Morgan fingerprint density at radius 2 is 1.68 bits per heavy atom. The largest absolute Gasteiger partial charge is 0.354 e. The summed E-state index contributed by atoms with van der Waals surface area (Å²) in [6.07, 6.45) is 0.778. The van der Waals surface area contributed by atoms with Crippen molar-refractivity contribution in [1.29, 1.82) is 0 Å². The second kappa shape index (κ2) is 10.8. The molecular weight excluding hydrogens is 384 g/mol. The van der Waals surface area contributed by atoms with Crippen molar-refractivity contribution >= 4 is 27.7 Å². The lowest BCUT2D eigenvalue weighted by Crippen LogP contribution is -2.48. The number of hydrogen-bond donors (Lipinski definition) is 4. The van der Waals surface area contributed by atoms with E-state index in [2.05, 4.69) is 20.7 Å². The van der Waals surface area contributed by atoms with Crippen molar-refractivity contribution in [2.75, 3.05) is 19.6 Å². The maximum Gasteiger partial charge on any atom is 0.242 e. The smallest absolute Gasteiger partial charge is 0.242 e. The Hall–Kier alpha value is -2.46. The van der Waals surface area contributed by atoms with Crippen LogP contribution in [-0.2, 0) is 24.4 Å². The van der Waals surface area contributed by atoms with E-state index in [1.165, 1.54) is 19.1 Å². The van der Waals surface area contributed by atoms with Gasteiger partial charge in [-0.1, -0.05) is 13.0 Å². The van der Waals surface area contributed by atoms with Crippen LogP contribution in [0.5, 0.6) is 0 Å². The van der Waals surface area contributed by atoms with Crippen LogP contribution in [0.3, 0.4) is 0 Å². The Kier molecular flexibility index (Phi) is 9.07. The third-order valence-corrected chi connectivity index (χ3v) is 5.38. The van der Waals surface area contributed by atoms with Crippen LogP contribution in [0, 0.1) is 13.8 Å².